The summed E-state index contributed by atoms with van der Waals surface area (Å²) < 4.78 is 26.8. The van der Waals surface area contributed by atoms with Gasteiger partial charge in [0.15, 0.2) is 0 Å². The Morgan fingerprint density at radius 1 is 1.08 bits per heavy atom. The average Bonchev–Trinajstić information content (AvgIpc) is 3.10. The highest BCUT2D eigenvalue weighted by molar-refractivity contribution is 6.31. The predicted molar refractivity (Wildman–Crippen MR) is 95.5 cm³/mol. The van der Waals surface area contributed by atoms with Crippen molar-refractivity contribution in [2.45, 2.75) is 13.1 Å². The summed E-state index contributed by atoms with van der Waals surface area (Å²) in [7, 11) is 0. The first kappa shape index (κ1) is 17.1. The maximum absolute atomic E-state index is 12.9. The second kappa shape index (κ2) is 7.13. The molecular formula is C17H17ClF2N6. The molecular weight excluding hydrogens is 362 g/mol. The molecule has 2 aromatic heterocycles. The topological polar surface area (TPSA) is 50.1 Å². The van der Waals surface area contributed by atoms with Gasteiger partial charge in [0.2, 0.25) is 0 Å². The van der Waals surface area contributed by atoms with Crippen molar-refractivity contribution in [3.8, 4) is 0 Å². The zero-order valence-corrected chi connectivity index (χ0v) is 14.7. The Morgan fingerprint density at radius 2 is 1.88 bits per heavy atom. The lowest BCUT2D eigenvalue weighted by Crippen LogP contribution is -2.46. The largest absolute Gasteiger partial charge is 0.353 e. The van der Waals surface area contributed by atoms with Gasteiger partial charge in [-0.1, -0.05) is 11.6 Å². The number of piperazine rings is 1. The first-order chi connectivity index (χ1) is 12.6. The third-order valence-electron chi connectivity index (χ3n) is 4.57. The molecule has 4 rings (SSSR count). The molecule has 0 atom stereocenters. The minimum absolute atomic E-state index is 0.385. The molecule has 1 saturated heterocycles. The van der Waals surface area contributed by atoms with Crippen molar-refractivity contribution in [1.82, 2.24) is 24.4 Å². The van der Waals surface area contributed by atoms with Gasteiger partial charge in [-0.3, -0.25) is 9.47 Å². The third-order valence-corrected chi connectivity index (χ3v) is 4.81. The molecule has 1 aromatic carbocycles. The lowest BCUT2D eigenvalue weighted by molar-refractivity contribution is 0.0637. The van der Waals surface area contributed by atoms with Gasteiger partial charge in [-0.25, -0.2) is 15.0 Å². The van der Waals surface area contributed by atoms with E-state index < -0.39 is 6.55 Å². The number of aromatic nitrogens is 4. The van der Waals surface area contributed by atoms with Gasteiger partial charge in [0, 0.05) is 49.0 Å². The van der Waals surface area contributed by atoms with Crippen LogP contribution in [0, 0.1) is 0 Å². The first-order valence-electron chi connectivity index (χ1n) is 8.29. The van der Waals surface area contributed by atoms with Crippen molar-refractivity contribution in [2.75, 3.05) is 31.1 Å². The number of halogens is 3. The van der Waals surface area contributed by atoms with E-state index in [2.05, 4.69) is 24.8 Å². The van der Waals surface area contributed by atoms with Crippen LogP contribution < -0.4 is 4.90 Å². The van der Waals surface area contributed by atoms with Crippen LogP contribution in [0.25, 0.3) is 10.9 Å². The monoisotopic (exact) mass is 378 g/mol. The molecule has 1 aliphatic rings. The Hall–Kier alpha value is -2.32. The van der Waals surface area contributed by atoms with Gasteiger partial charge in [0.25, 0.3) is 0 Å². The molecule has 6 nitrogen and oxygen atoms in total. The summed E-state index contributed by atoms with van der Waals surface area (Å²) in [5, 5.41) is 1.60. The zero-order valence-electron chi connectivity index (χ0n) is 13.9. The second-order valence-corrected chi connectivity index (χ2v) is 6.59. The quantitative estimate of drug-likeness (QED) is 0.697. The van der Waals surface area contributed by atoms with E-state index >= 15 is 0 Å². The van der Waals surface area contributed by atoms with Crippen LogP contribution in [-0.2, 0) is 6.54 Å². The summed E-state index contributed by atoms with van der Waals surface area (Å²) in [6.45, 7) is 0.845. The van der Waals surface area contributed by atoms with Crippen LogP contribution in [0.5, 0.6) is 0 Å². The maximum atomic E-state index is 12.9. The fraction of sp³-hybridized carbons (Fsp3) is 0.353. The van der Waals surface area contributed by atoms with Crippen LogP contribution in [-0.4, -0.2) is 50.6 Å². The van der Waals surface area contributed by atoms with Gasteiger partial charge in [-0.15, -0.1) is 0 Å². The van der Waals surface area contributed by atoms with E-state index in [4.69, 9.17) is 11.6 Å². The summed E-state index contributed by atoms with van der Waals surface area (Å²) in [5.74, 6) is 1.26. The molecule has 0 spiro atoms. The van der Waals surface area contributed by atoms with E-state index in [0.29, 0.717) is 17.4 Å². The van der Waals surface area contributed by atoms with Crippen molar-refractivity contribution in [3.05, 3.63) is 47.8 Å². The summed E-state index contributed by atoms with van der Waals surface area (Å²) in [5.41, 5.74) is 0.809. The fourth-order valence-corrected chi connectivity index (χ4v) is 3.40. The van der Waals surface area contributed by atoms with Gasteiger partial charge in [0.1, 0.15) is 18.0 Å². The SMILES string of the molecule is FC(F)n1ccnc1CN1CCN(c2ncnc3cc(Cl)ccc23)CC1. The van der Waals surface area contributed by atoms with Crippen molar-refractivity contribution in [3.63, 3.8) is 0 Å². The van der Waals surface area contributed by atoms with Crippen molar-refractivity contribution >= 4 is 28.3 Å². The summed E-state index contributed by atoms with van der Waals surface area (Å²) in [4.78, 5) is 17.1. The normalized spacial score (nSPS) is 15.9. The number of fused-ring (bicyclic) bond motifs is 1. The van der Waals surface area contributed by atoms with Gasteiger partial charge >= 0.3 is 6.55 Å². The minimum Gasteiger partial charge on any atom is -0.353 e. The Balaban J connectivity index is 1.46. The average molecular weight is 379 g/mol. The van der Waals surface area contributed by atoms with Crippen molar-refractivity contribution in [1.29, 1.82) is 0 Å². The number of anilines is 1. The number of benzene rings is 1. The molecule has 0 bridgehead atoms. The molecule has 0 radical (unpaired) electrons. The number of nitrogens with zero attached hydrogens (tertiary/aromatic N) is 6. The molecule has 0 aliphatic carbocycles. The summed E-state index contributed by atoms with van der Waals surface area (Å²) in [6, 6.07) is 5.58. The smallest absolute Gasteiger partial charge is 0.319 e. The molecule has 3 aromatic rings. The zero-order chi connectivity index (χ0) is 18.1. The Labute approximate surface area is 154 Å². The van der Waals surface area contributed by atoms with Gasteiger partial charge in [-0.05, 0) is 18.2 Å². The van der Waals surface area contributed by atoms with E-state index in [9.17, 15) is 8.78 Å². The Kier molecular flexibility index (Phi) is 4.69. The highest BCUT2D eigenvalue weighted by atomic mass is 35.5. The van der Waals surface area contributed by atoms with Gasteiger partial charge in [0.05, 0.1) is 12.1 Å². The van der Waals surface area contributed by atoms with Crippen LogP contribution in [0.3, 0.4) is 0 Å². The first-order valence-corrected chi connectivity index (χ1v) is 8.67. The predicted octanol–water partition coefficient (Wildman–Crippen LogP) is 3.20. The van der Waals surface area contributed by atoms with Crippen LogP contribution in [0.2, 0.25) is 5.02 Å². The summed E-state index contributed by atoms with van der Waals surface area (Å²) >= 11 is 6.04. The van der Waals surface area contributed by atoms with E-state index in [1.165, 1.54) is 12.4 Å². The molecule has 0 amide bonds. The molecule has 0 saturated carbocycles. The van der Waals surface area contributed by atoms with E-state index in [1.807, 2.05) is 18.2 Å². The fourth-order valence-electron chi connectivity index (χ4n) is 3.23. The Morgan fingerprint density at radius 3 is 2.65 bits per heavy atom. The maximum Gasteiger partial charge on any atom is 0.319 e. The van der Waals surface area contributed by atoms with Crippen LogP contribution in [0.1, 0.15) is 12.4 Å². The van der Waals surface area contributed by atoms with Gasteiger partial charge < -0.3 is 4.90 Å². The van der Waals surface area contributed by atoms with Crippen LogP contribution >= 0.6 is 11.6 Å². The molecule has 1 aliphatic heterocycles. The third kappa shape index (κ3) is 3.34. The van der Waals surface area contributed by atoms with E-state index in [1.54, 1.807) is 6.33 Å². The van der Waals surface area contributed by atoms with E-state index in [0.717, 1.165) is 47.5 Å². The Bertz CT molecular complexity index is 907. The van der Waals surface area contributed by atoms with Crippen molar-refractivity contribution < 1.29 is 8.78 Å². The molecule has 1 fully saturated rings. The highest BCUT2D eigenvalue weighted by Crippen LogP contribution is 2.26. The molecule has 9 heteroatoms. The molecule has 136 valence electrons. The molecule has 0 unspecified atom stereocenters. The van der Waals surface area contributed by atoms with Gasteiger partial charge in [-0.2, -0.15) is 8.78 Å². The lowest BCUT2D eigenvalue weighted by atomic mass is 10.2. The van der Waals surface area contributed by atoms with Crippen LogP contribution in [0.4, 0.5) is 14.6 Å². The number of rotatable bonds is 4. The molecule has 26 heavy (non-hydrogen) atoms. The highest BCUT2D eigenvalue weighted by Gasteiger charge is 2.22. The molecule has 3 heterocycles. The minimum atomic E-state index is -2.56. The van der Waals surface area contributed by atoms with Crippen molar-refractivity contribution in [2.24, 2.45) is 0 Å². The summed E-state index contributed by atoms with van der Waals surface area (Å²) in [6.07, 6.45) is 4.27. The second-order valence-electron chi connectivity index (χ2n) is 6.15. The number of alkyl halides is 2. The van der Waals surface area contributed by atoms with E-state index in [-0.39, 0.29) is 0 Å². The number of hydrogen-bond donors (Lipinski definition) is 0. The standard InChI is InChI=1S/C17H17ClF2N6/c18-12-1-2-13-14(9-12)22-11-23-16(13)25-7-5-24(6-8-25)10-15-21-3-4-26(15)17(19)20/h1-4,9,11,17H,5-8,10H2. The van der Waals surface area contributed by atoms with Crippen LogP contribution in [0.15, 0.2) is 36.9 Å². The number of imidazole rings is 1. The molecule has 0 N–H and O–H groups in total. The number of hydrogen-bond acceptors (Lipinski definition) is 5. The lowest BCUT2D eigenvalue weighted by Gasteiger charge is -2.35.